The van der Waals surface area contributed by atoms with Crippen LogP contribution in [0.5, 0.6) is 0 Å². The minimum Gasteiger partial charge on any atom is -0.352 e. The average Bonchev–Trinajstić information content (AvgIpc) is 3.27. The second kappa shape index (κ2) is 7.82. The molecule has 6 nitrogen and oxygen atoms in total. The molecular weight excluding hydrogens is 372 g/mol. The first-order chi connectivity index (χ1) is 13.6. The number of para-hydroxylation sites is 1. The molecule has 7 heteroatoms. The fraction of sp³-hybridized carbons (Fsp3) is 0.190. The maximum atomic E-state index is 12.3. The van der Waals surface area contributed by atoms with Crippen molar-refractivity contribution in [2.24, 2.45) is 0 Å². The summed E-state index contributed by atoms with van der Waals surface area (Å²) in [5.74, 6) is -0.117. The van der Waals surface area contributed by atoms with Gasteiger partial charge in [-0.1, -0.05) is 12.1 Å². The lowest BCUT2D eigenvalue weighted by molar-refractivity contribution is 0.0953. The molecular formula is C21H20N4O2S. The highest BCUT2D eigenvalue weighted by Crippen LogP contribution is 2.22. The first-order valence-corrected chi connectivity index (χ1v) is 9.93. The van der Waals surface area contributed by atoms with Crippen molar-refractivity contribution < 1.29 is 4.79 Å². The molecule has 0 radical (unpaired) electrons. The third kappa shape index (κ3) is 3.75. The normalized spacial score (nSPS) is 11.0. The molecule has 2 heterocycles. The van der Waals surface area contributed by atoms with Crippen LogP contribution in [0.3, 0.4) is 0 Å². The third-order valence-electron chi connectivity index (χ3n) is 4.54. The van der Waals surface area contributed by atoms with Crippen molar-refractivity contribution in [3.8, 4) is 5.69 Å². The molecule has 0 aliphatic carbocycles. The monoisotopic (exact) mass is 392 g/mol. The second-order valence-corrected chi connectivity index (χ2v) is 7.67. The van der Waals surface area contributed by atoms with Crippen LogP contribution >= 0.6 is 11.3 Å². The number of hydrogen-bond acceptors (Lipinski definition) is 4. The number of hydrogen-bond donors (Lipinski definition) is 2. The molecule has 1 amide bonds. The molecule has 2 aromatic heterocycles. The van der Waals surface area contributed by atoms with Crippen molar-refractivity contribution in [3.63, 3.8) is 0 Å². The van der Waals surface area contributed by atoms with Gasteiger partial charge in [0.2, 0.25) is 0 Å². The summed E-state index contributed by atoms with van der Waals surface area (Å²) in [4.78, 5) is 31.4. The SMILES string of the molecule is Cc1c[nH]c(=O)n1-c1ccc(C(=O)NCCCc2nc3ccccc3s2)cc1. The number of aromatic amines is 1. The van der Waals surface area contributed by atoms with E-state index >= 15 is 0 Å². The molecule has 2 N–H and O–H groups in total. The van der Waals surface area contributed by atoms with Crippen molar-refractivity contribution in [2.45, 2.75) is 19.8 Å². The first kappa shape index (κ1) is 18.2. The number of aryl methyl sites for hydroxylation is 2. The molecule has 2 aromatic carbocycles. The van der Waals surface area contributed by atoms with E-state index in [2.05, 4.69) is 21.4 Å². The summed E-state index contributed by atoms with van der Waals surface area (Å²) in [6.45, 7) is 2.44. The van der Waals surface area contributed by atoms with Crippen molar-refractivity contribution in [2.75, 3.05) is 6.54 Å². The maximum absolute atomic E-state index is 12.3. The molecule has 0 saturated carbocycles. The summed E-state index contributed by atoms with van der Waals surface area (Å²) in [5.41, 5.74) is 2.96. The number of aromatic nitrogens is 3. The third-order valence-corrected chi connectivity index (χ3v) is 5.64. The van der Waals surface area contributed by atoms with Crippen LogP contribution in [0.25, 0.3) is 15.9 Å². The molecule has 0 spiro atoms. The van der Waals surface area contributed by atoms with Crippen molar-refractivity contribution in [1.29, 1.82) is 0 Å². The average molecular weight is 392 g/mol. The fourth-order valence-electron chi connectivity index (χ4n) is 3.11. The van der Waals surface area contributed by atoms with Crippen LogP contribution < -0.4 is 11.0 Å². The van der Waals surface area contributed by atoms with E-state index in [0.29, 0.717) is 12.1 Å². The standard InChI is InChI=1S/C21H20N4O2S/c1-14-13-23-21(27)25(14)16-10-8-15(9-11-16)20(26)22-12-4-7-19-24-17-5-2-3-6-18(17)28-19/h2-3,5-6,8-11,13H,4,7,12H2,1H3,(H,22,26)(H,23,27). The van der Waals surface area contributed by atoms with Crippen LogP contribution in [0.2, 0.25) is 0 Å². The Balaban J connectivity index is 1.32. The molecule has 0 bridgehead atoms. The summed E-state index contributed by atoms with van der Waals surface area (Å²) in [5, 5.41) is 4.03. The summed E-state index contributed by atoms with van der Waals surface area (Å²) in [6.07, 6.45) is 3.34. The van der Waals surface area contributed by atoms with Crippen LogP contribution in [0, 0.1) is 6.92 Å². The van der Waals surface area contributed by atoms with E-state index in [1.807, 2.05) is 25.1 Å². The molecule has 0 saturated heterocycles. The van der Waals surface area contributed by atoms with Gasteiger partial charge in [0.05, 0.1) is 20.9 Å². The predicted octanol–water partition coefficient (Wildman–Crippen LogP) is 3.45. The van der Waals surface area contributed by atoms with Crippen molar-refractivity contribution in [3.05, 3.63) is 81.5 Å². The number of rotatable bonds is 6. The highest BCUT2D eigenvalue weighted by atomic mass is 32.1. The summed E-state index contributed by atoms with van der Waals surface area (Å²) in [6, 6.07) is 15.1. The molecule has 142 valence electrons. The van der Waals surface area contributed by atoms with Gasteiger partial charge >= 0.3 is 5.69 Å². The molecule has 0 unspecified atom stereocenters. The number of nitrogens with one attached hydrogen (secondary N) is 2. The Morgan fingerprint density at radius 3 is 2.68 bits per heavy atom. The summed E-state index contributed by atoms with van der Waals surface area (Å²) >= 11 is 1.70. The number of carbonyl (C=O) groups is 1. The zero-order chi connectivity index (χ0) is 19.5. The van der Waals surface area contributed by atoms with E-state index in [0.717, 1.165) is 34.7 Å². The van der Waals surface area contributed by atoms with Gasteiger partial charge in [-0.25, -0.2) is 9.78 Å². The van der Waals surface area contributed by atoms with Crippen LogP contribution in [-0.2, 0) is 6.42 Å². The number of thiazole rings is 1. The molecule has 0 fully saturated rings. The van der Waals surface area contributed by atoms with Crippen LogP contribution in [-0.4, -0.2) is 27.0 Å². The van der Waals surface area contributed by atoms with Gasteiger partial charge in [0.15, 0.2) is 0 Å². The number of amides is 1. The van der Waals surface area contributed by atoms with Gasteiger partial charge in [0.25, 0.3) is 5.91 Å². The topological polar surface area (TPSA) is 79.8 Å². The smallest absolute Gasteiger partial charge is 0.330 e. The molecule has 0 aliphatic rings. The van der Waals surface area contributed by atoms with E-state index in [1.165, 1.54) is 4.70 Å². The van der Waals surface area contributed by atoms with Gasteiger partial charge in [-0.05, 0) is 49.7 Å². The molecule has 28 heavy (non-hydrogen) atoms. The number of benzene rings is 2. The maximum Gasteiger partial charge on any atom is 0.330 e. The molecule has 0 aliphatic heterocycles. The quantitative estimate of drug-likeness (QED) is 0.493. The van der Waals surface area contributed by atoms with E-state index < -0.39 is 0 Å². The molecule has 4 rings (SSSR count). The second-order valence-electron chi connectivity index (χ2n) is 6.55. The zero-order valence-electron chi connectivity index (χ0n) is 15.4. The Kier molecular flexibility index (Phi) is 5.08. The van der Waals surface area contributed by atoms with Gasteiger partial charge in [0, 0.05) is 30.4 Å². The summed E-state index contributed by atoms with van der Waals surface area (Å²) < 4.78 is 2.76. The van der Waals surface area contributed by atoms with Crippen LogP contribution in [0.1, 0.15) is 27.5 Å². The van der Waals surface area contributed by atoms with E-state index in [-0.39, 0.29) is 11.6 Å². The Morgan fingerprint density at radius 1 is 1.18 bits per heavy atom. The van der Waals surface area contributed by atoms with Crippen molar-refractivity contribution in [1.82, 2.24) is 19.9 Å². The van der Waals surface area contributed by atoms with E-state index in [1.54, 1.807) is 46.4 Å². The fourth-order valence-corrected chi connectivity index (χ4v) is 4.12. The lowest BCUT2D eigenvalue weighted by Crippen LogP contribution is -2.24. The molecule has 4 aromatic rings. The lowest BCUT2D eigenvalue weighted by Gasteiger charge is -2.07. The number of imidazole rings is 1. The van der Waals surface area contributed by atoms with Gasteiger partial charge in [0.1, 0.15) is 0 Å². The zero-order valence-corrected chi connectivity index (χ0v) is 16.3. The number of nitrogens with zero attached hydrogens (tertiary/aromatic N) is 2. The Labute approximate surface area is 165 Å². The van der Waals surface area contributed by atoms with Gasteiger partial charge in [-0.3, -0.25) is 9.36 Å². The van der Waals surface area contributed by atoms with E-state index in [9.17, 15) is 9.59 Å². The minimum atomic E-state index is -0.190. The highest BCUT2D eigenvalue weighted by molar-refractivity contribution is 7.18. The van der Waals surface area contributed by atoms with E-state index in [4.69, 9.17) is 0 Å². The number of H-pyrrole nitrogens is 1. The predicted molar refractivity (Wildman–Crippen MR) is 111 cm³/mol. The number of fused-ring (bicyclic) bond motifs is 1. The van der Waals surface area contributed by atoms with Gasteiger partial charge in [-0.2, -0.15) is 0 Å². The van der Waals surface area contributed by atoms with Crippen LogP contribution in [0.4, 0.5) is 0 Å². The Hall–Kier alpha value is -3.19. The molecule has 0 atom stereocenters. The minimum absolute atomic E-state index is 0.117. The van der Waals surface area contributed by atoms with Crippen molar-refractivity contribution >= 4 is 27.5 Å². The highest BCUT2D eigenvalue weighted by Gasteiger charge is 2.09. The largest absolute Gasteiger partial charge is 0.352 e. The Morgan fingerprint density at radius 2 is 1.96 bits per heavy atom. The number of carbonyl (C=O) groups excluding carboxylic acids is 1. The van der Waals surface area contributed by atoms with Crippen LogP contribution in [0.15, 0.2) is 59.5 Å². The van der Waals surface area contributed by atoms with Gasteiger partial charge in [-0.15, -0.1) is 11.3 Å². The lowest BCUT2D eigenvalue weighted by atomic mass is 10.2. The first-order valence-electron chi connectivity index (χ1n) is 9.12. The summed E-state index contributed by atoms with van der Waals surface area (Å²) in [7, 11) is 0. The Bertz CT molecular complexity index is 1140. The van der Waals surface area contributed by atoms with Gasteiger partial charge < -0.3 is 10.3 Å².